The SMILES string of the molecule is Cc1c(CN2C(=O)c3ccccc3C2=O)cc(Cl)nc1C1CC1. The average molecular weight is 327 g/mol. The molecule has 4 rings (SSSR count). The standard InChI is InChI=1S/C18H15ClN2O2/c1-10-12(8-15(19)20-16(10)11-6-7-11)9-21-17(22)13-4-2-3-5-14(13)18(21)23/h2-5,8,11H,6-7,9H2,1H3. The first-order valence-corrected chi connectivity index (χ1v) is 8.05. The molecule has 1 aromatic heterocycles. The van der Waals surface area contributed by atoms with Gasteiger partial charge in [0, 0.05) is 11.6 Å². The fraction of sp³-hybridized carbons (Fsp3) is 0.278. The maximum atomic E-state index is 12.5. The first kappa shape index (κ1) is 14.4. The van der Waals surface area contributed by atoms with Gasteiger partial charge in [-0.1, -0.05) is 23.7 Å². The van der Waals surface area contributed by atoms with Gasteiger partial charge in [-0.3, -0.25) is 14.5 Å². The molecule has 0 spiro atoms. The third kappa shape index (κ3) is 2.34. The van der Waals surface area contributed by atoms with Crippen LogP contribution >= 0.6 is 11.6 Å². The fourth-order valence-corrected chi connectivity index (χ4v) is 3.34. The largest absolute Gasteiger partial charge is 0.270 e. The number of hydrogen-bond donors (Lipinski definition) is 0. The van der Waals surface area contributed by atoms with Crippen LogP contribution in [0, 0.1) is 6.92 Å². The van der Waals surface area contributed by atoms with Crippen LogP contribution in [0.25, 0.3) is 0 Å². The molecule has 1 aromatic carbocycles. The highest BCUT2D eigenvalue weighted by Crippen LogP contribution is 2.42. The molecule has 2 aromatic rings. The Morgan fingerprint density at radius 1 is 1.17 bits per heavy atom. The van der Waals surface area contributed by atoms with Gasteiger partial charge in [0.25, 0.3) is 11.8 Å². The molecule has 0 atom stereocenters. The molecular weight excluding hydrogens is 312 g/mol. The minimum absolute atomic E-state index is 0.236. The van der Waals surface area contributed by atoms with Crippen molar-refractivity contribution >= 4 is 23.4 Å². The van der Waals surface area contributed by atoms with E-state index in [-0.39, 0.29) is 18.4 Å². The van der Waals surface area contributed by atoms with E-state index < -0.39 is 0 Å². The number of hydrogen-bond acceptors (Lipinski definition) is 3. The van der Waals surface area contributed by atoms with Gasteiger partial charge in [-0.2, -0.15) is 0 Å². The maximum absolute atomic E-state index is 12.5. The summed E-state index contributed by atoms with van der Waals surface area (Å²) in [6.45, 7) is 2.23. The van der Waals surface area contributed by atoms with Crippen molar-refractivity contribution in [3.63, 3.8) is 0 Å². The lowest BCUT2D eigenvalue weighted by molar-refractivity contribution is 0.0642. The molecule has 2 aliphatic rings. The molecule has 1 aliphatic carbocycles. The zero-order valence-electron chi connectivity index (χ0n) is 12.7. The number of amides is 2. The normalized spacial score (nSPS) is 16.9. The van der Waals surface area contributed by atoms with Crippen molar-refractivity contribution < 1.29 is 9.59 Å². The Bertz CT molecular complexity index is 808. The predicted octanol–water partition coefficient (Wildman–Crippen LogP) is 3.72. The molecule has 0 unspecified atom stereocenters. The summed E-state index contributed by atoms with van der Waals surface area (Å²) < 4.78 is 0. The Morgan fingerprint density at radius 3 is 2.35 bits per heavy atom. The Hall–Kier alpha value is -2.20. The van der Waals surface area contributed by atoms with E-state index in [1.807, 2.05) is 6.92 Å². The quantitative estimate of drug-likeness (QED) is 0.638. The van der Waals surface area contributed by atoms with E-state index in [0.717, 1.165) is 29.7 Å². The van der Waals surface area contributed by atoms with Crippen molar-refractivity contribution in [3.05, 3.63) is 63.4 Å². The summed E-state index contributed by atoms with van der Waals surface area (Å²) >= 11 is 6.14. The zero-order chi connectivity index (χ0) is 16.1. The Morgan fingerprint density at radius 2 is 1.78 bits per heavy atom. The van der Waals surface area contributed by atoms with Gasteiger partial charge >= 0.3 is 0 Å². The lowest BCUT2D eigenvalue weighted by Crippen LogP contribution is -2.29. The summed E-state index contributed by atoms with van der Waals surface area (Å²) in [4.78, 5) is 30.7. The number of carbonyl (C=O) groups is 2. The van der Waals surface area contributed by atoms with Crippen LogP contribution < -0.4 is 0 Å². The van der Waals surface area contributed by atoms with Gasteiger partial charge in [0.2, 0.25) is 0 Å². The molecule has 0 N–H and O–H groups in total. The molecule has 0 saturated heterocycles. The van der Waals surface area contributed by atoms with Crippen molar-refractivity contribution in [2.45, 2.75) is 32.2 Å². The first-order chi connectivity index (χ1) is 11.1. The van der Waals surface area contributed by atoms with Crippen molar-refractivity contribution in [2.75, 3.05) is 0 Å². The number of pyridine rings is 1. The molecule has 0 radical (unpaired) electrons. The summed E-state index contributed by atoms with van der Waals surface area (Å²) in [5, 5.41) is 0.420. The number of imide groups is 1. The predicted molar refractivity (Wildman–Crippen MR) is 86.6 cm³/mol. The van der Waals surface area contributed by atoms with E-state index in [1.165, 1.54) is 4.90 Å². The van der Waals surface area contributed by atoms with E-state index >= 15 is 0 Å². The van der Waals surface area contributed by atoms with Crippen LogP contribution in [0.2, 0.25) is 5.15 Å². The topological polar surface area (TPSA) is 50.3 Å². The van der Waals surface area contributed by atoms with Gasteiger partial charge < -0.3 is 0 Å². The lowest BCUT2D eigenvalue weighted by Gasteiger charge is -2.17. The van der Waals surface area contributed by atoms with E-state index in [2.05, 4.69) is 4.98 Å². The lowest BCUT2D eigenvalue weighted by atomic mass is 10.0. The monoisotopic (exact) mass is 326 g/mol. The number of aromatic nitrogens is 1. The van der Waals surface area contributed by atoms with Crippen LogP contribution in [0.15, 0.2) is 30.3 Å². The van der Waals surface area contributed by atoms with Gasteiger partial charge in [0.1, 0.15) is 5.15 Å². The molecule has 2 amide bonds. The van der Waals surface area contributed by atoms with Gasteiger partial charge in [0.15, 0.2) is 0 Å². The smallest absolute Gasteiger partial charge is 0.261 e. The van der Waals surface area contributed by atoms with E-state index in [0.29, 0.717) is 22.2 Å². The summed E-state index contributed by atoms with van der Waals surface area (Å²) in [5.41, 5.74) is 3.87. The summed E-state index contributed by atoms with van der Waals surface area (Å²) in [6.07, 6.45) is 2.25. The summed E-state index contributed by atoms with van der Waals surface area (Å²) in [7, 11) is 0. The average Bonchev–Trinajstić information content (AvgIpc) is 3.35. The molecule has 1 aliphatic heterocycles. The van der Waals surface area contributed by atoms with Crippen LogP contribution in [0.3, 0.4) is 0 Å². The van der Waals surface area contributed by atoms with E-state index in [9.17, 15) is 9.59 Å². The summed E-state index contributed by atoms with van der Waals surface area (Å²) in [6, 6.07) is 8.68. The van der Waals surface area contributed by atoms with Crippen molar-refractivity contribution in [2.24, 2.45) is 0 Å². The first-order valence-electron chi connectivity index (χ1n) is 7.67. The molecule has 0 bridgehead atoms. The maximum Gasteiger partial charge on any atom is 0.261 e. The van der Waals surface area contributed by atoms with E-state index in [1.54, 1.807) is 30.3 Å². The molecular formula is C18H15ClN2O2. The number of rotatable bonds is 3. The van der Waals surface area contributed by atoms with Gasteiger partial charge in [-0.15, -0.1) is 0 Å². The third-order valence-corrected chi connectivity index (χ3v) is 4.75. The van der Waals surface area contributed by atoms with Crippen molar-refractivity contribution in [3.8, 4) is 0 Å². The Balaban J connectivity index is 1.70. The second kappa shape index (κ2) is 5.17. The molecule has 116 valence electrons. The number of carbonyl (C=O) groups excluding carboxylic acids is 2. The van der Waals surface area contributed by atoms with Crippen LogP contribution in [0.5, 0.6) is 0 Å². The molecule has 2 heterocycles. The van der Waals surface area contributed by atoms with Gasteiger partial charge in [-0.05, 0) is 49.1 Å². The Kier molecular flexibility index (Phi) is 3.23. The highest BCUT2D eigenvalue weighted by molar-refractivity contribution is 6.29. The number of halogens is 1. The third-order valence-electron chi connectivity index (χ3n) is 4.56. The fourth-order valence-electron chi connectivity index (χ4n) is 3.12. The minimum atomic E-state index is -0.245. The number of benzene rings is 1. The van der Waals surface area contributed by atoms with Gasteiger partial charge in [-0.25, -0.2) is 4.98 Å². The second-order valence-corrected chi connectivity index (χ2v) is 6.52. The van der Waals surface area contributed by atoms with Crippen LogP contribution in [-0.2, 0) is 6.54 Å². The van der Waals surface area contributed by atoms with Crippen LogP contribution in [-0.4, -0.2) is 21.7 Å². The molecule has 5 heteroatoms. The highest BCUT2D eigenvalue weighted by Gasteiger charge is 2.36. The number of nitrogens with zero attached hydrogens (tertiary/aromatic N) is 2. The van der Waals surface area contributed by atoms with Crippen LogP contribution in [0.4, 0.5) is 0 Å². The summed E-state index contributed by atoms with van der Waals surface area (Å²) in [5.74, 6) is -0.0218. The molecule has 23 heavy (non-hydrogen) atoms. The van der Waals surface area contributed by atoms with Crippen molar-refractivity contribution in [1.29, 1.82) is 0 Å². The minimum Gasteiger partial charge on any atom is -0.270 e. The van der Waals surface area contributed by atoms with E-state index in [4.69, 9.17) is 11.6 Å². The highest BCUT2D eigenvalue weighted by atomic mass is 35.5. The molecule has 4 nitrogen and oxygen atoms in total. The molecule has 1 fully saturated rings. The number of fused-ring (bicyclic) bond motifs is 1. The zero-order valence-corrected chi connectivity index (χ0v) is 13.4. The van der Waals surface area contributed by atoms with Crippen molar-refractivity contribution in [1.82, 2.24) is 9.88 Å². The van der Waals surface area contributed by atoms with Crippen LogP contribution in [0.1, 0.15) is 56.3 Å². The Labute approximate surface area is 139 Å². The second-order valence-electron chi connectivity index (χ2n) is 6.13. The molecule has 1 saturated carbocycles. The van der Waals surface area contributed by atoms with Gasteiger partial charge in [0.05, 0.1) is 17.7 Å².